The molecule has 62 valence electrons. The van der Waals surface area contributed by atoms with Gasteiger partial charge in [0.05, 0.1) is 0 Å². The monoisotopic (exact) mass is 151 g/mol. The molecule has 0 aliphatic heterocycles. The van der Waals surface area contributed by atoms with Crippen molar-refractivity contribution in [1.29, 1.82) is 0 Å². The number of hydrogen-bond donors (Lipinski definition) is 0. The summed E-state index contributed by atoms with van der Waals surface area (Å²) in [5.41, 5.74) is 2.81. The highest BCUT2D eigenvalue weighted by molar-refractivity contribution is 5.20. The predicted octanol–water partition coefficient (Wildman–Crippen LogP) is 2.91. The van der Waals surface area contributed by atoms with E-state index in [9.17, 15) is 0 Å². The molecule has 0 unspecified atom stereocenters. The Morgan fingerprint density at radius 1 is 1.18 bits per heavy atom. The van der Waals surface area contributed by atoms with E-state index in [1.165, 1.54) is 30.5 Å². The van der Waals surface area contributed by atoms with Crippen molar-refractivity contribution >= 4 is 0 Å². The number of aryl methyl sites for hydroxylation is 3. The van der Waals surface area contributed by atoms with Crippen molar-refractivity contribution in [2.24, 2.45) is 0 Å². The van der Waals surface area contributed by atoms with E-state index in [-0.39, 0.29) is 0 Å². The van der Waals surface area contributed by atoms with Gasteiger partial charge in [-0.15, -0.1) is 0 Å². The number of aromatic nitrogens is 1. The third-order valence-electron chi connectivity index (χ3n) is 2.11. The lowest BCUT2D eigenvalue weighted by Crippen LogP contribution is -1.92. The Balaban J connectivity index is 2.58. The molecule has 0 saturated heterocycles. The molecule has 0 aromatic carbocycles. The second-order valence-electron chi connectivity index (χ2n) is 3.22. The average molecular weight is 151 g/mol. The predicted molar refractivity (Wildman–Crippen MR) is 48.8 cm³/mol. The van der Waals surface area contributed by atoms with Gasteiger partial charge in [-0.2, -0.15) is 0 Å². The fourth-order valence-corrected chi connectivity index (χ4v) is 1.21. The molecule has 1 heterocycles. The van der Waals surface area contributed by atoms with Gasteiger partial charge >= 0.3 is 0 Å². The van der Waals surface area contributed by atoms with Crippen LogP contribution in [0.15, 0.2) is 12.4 Å². The van der Waals surface area contributed by atoms with Crippen LogP contribution >= 0.6 is 0 Å². The summed E-state index contributed by atoms with van der Waals surface area (Å²) in [4.78, 5) is 0. The van der Waals surface area contributed by atoms with E-state index in [2.05, 4.69) is 37.7 Å². The van der Waals surface area contributed by atoms with E-state index in [0.717, 1.165) is 0 Å². The van der Waals surface area contributed by atoms with Crippen LogP contribution in [0.1, 0.15) is 30.9 Å². The van der Waals surface area contributed by atoms with Gasteiger partial charge in [-0.3, -0.25) is 0 Å². The second kappa shape index (κ2) is 3.61. The van der Waals surface area contributed by atoms with Crippen LogP contribution in [-0.4, -0.2) is 4.57 Å². The first-order valence-corrected chi connectivity index (χ1v) is 4.37. The molecular weight excluding hydrogens is 134 g/mol. The molecule has 0 fully saturated rings. The molecule has 1 nitrogen and oxygen atoms in total. The van der Waals surface area contributed by atoms with E-state index in [1.54, 1.807) is 0 Å². The molecule has 0 N–H and O–H groups in total. The first kappa shape index (κ1) is 8.38. The molecule has 1 rings (SSSR count). The second-order valence-corrected chi connectivity index (χ2v) is 3.22. The summed E-state index contributed by atoms with van der Waals surface area (Å²) in [6, 6.07) is 0. The van der Waals surface area contributed by atoms with Crippen LogP contribution in [0.4, 0.5) is 0 Å². The first-order chi connectivity index (χ1) is 5.24. The number of rotatable bonds is 3. The molecule has 1 aromatic rings. The summed E-state index contributed by atoms with van der Waals surface area (Å²) in [5.74, 6) is 0. The molecular formula is C10H17N. The van der Waals surface area contributed by atoms with Crippen molar-refractivity contribution in [3.63, 3.8) is 0 Å². The fourth-order valence-electron chi connectivity index (χ4n) is 1.21. The average Bonchev–Trinajstić information content (AvgIpc) is 2.28. The van der Waals surface area contributed by atoms with Gasteiger partial charge in [0.2, 0.25) is 0 Å². The first-order valence-electron chi connectivity index (χ1n) is 4.37. The van der Waals surface area contributed by atoms with Crippen LogP contribution in [0.25, 0.3) is 0 Å². The van der Waals surface area contributed by atoms with Crippen molar-refractivity contribution < 1.29 is 0 Å². The normalized spacial score (nSPS) is 10.5. The van der Waals surface area contributed by atoms with Crippen LogP contribution in [0.5, 0.6) is 0 Å². The zero-order valence-electron chi connectivity index (χ0n) is 7.72. The minimum Gasteiger partial charge on any atom is -0.354 e. The quantitative estimate of drug-likeness (QED) is 0.626. The number of unbranched alkanes of at least 4 members (excludes halogenated alkanes) is 1. The highest BCUT2D eigenvalue weighted by atomic mass is 14.9. The summed E-state index contributed by atoms with van der Waals surface area (Å²) in [6.45, 7) is 7.73. The fraction of sp³-hybridized carbons (Fsp3) is 0.600. The highest BCUT2D eigenvalue weighted by Crippen LogP contribution is 2.08. The van der Waals surface area contributed by atoms with Crippen LogP contribution in [0.3, 0.4) is 0 Å². The van der Waals surface area contributed by atoms with Crippen molar-refractivity contribution in [2.75, 3.05) is 0 Å². The van der Waals surface area contributed by atoms with Gasteiger partial charge < -0.3 is 4.57 Å². The van der Waals surface area contributed by atoms with Gasteiger partial charge in [0.15, 0.2) is 0 Å². The summed E-state index contributed by atoms with van der Waals surface area (Å²) in [5, 5.41) is 0. The van der Waals surface area contributed by atoms with Gasteiger partial charge in [0.25, 0.3) is 0 Å². The number of hydrogen-bond acceptors (Lipinski definition) is 0. The minimum atomic E-state index is 1.17. The summed E-state index contributed by atoms with van der Waals surface area (Å²) >= 11 is 0. The highest BCUT2D eigenvalue weighted by Gasteiger charge is 1.95. The van der Waals surface area contributed by atoms with Gasteiger partial charge in [-0.05, 0) is 31.4 Å². The Bertz CT molecular complexity index is 203. The van der Waals surface area contributed by atoms with Gasteiger partial charge in [-0.1, -0.05) is 13.3 Å². The van der Waals surface area contributed by atoms with E-state index < -0.39 is 0 Å². The van der Waals surface area contributed by atoms with Crippen molar-refractivity contribution in [3.05, 3.63) is 23.5 Å². The Morgan fingerprint density at radius 2 is 1.73 bits per heavy atom. The maximum absolute atomic E-state index is 2.29. The SMILES string of the molecule is CCCCn1cc(C)c(C)c1. The zero-order chi connectivity index (χ0) is 8.27. The van der Waals surface area contributed by atoms with E-state index in [0.29, 0.717) is 0 Å². The van der Waals surface area contributed by atoms with Crippen molar-refractivity contribution in [2.45, 2.75) is 40.2 Å². The minimum absolute atomic E-state index is 1.17. The number of nitrogens with zero attached hydrogens (tertiary/aromatic N) is 1. The van der Waals surface area contributed by atoms with Crippen molar-refractivity contribution in [3.8, 4) is 0 Å². The molecule has 0 aliphatic rings. The largest absolute Gasteiger partial charge is 0.354 e. The smallest absolute Gasteiger partial charge is 0.0219 e. The third-order valence-corrected chi connectivity index (χ3v) is 2.11. The topological polar surface area (TPSA) is 4.93 Å². The molecule has 0 spiro atoms. The van der Waals surface area contributed by atoms with Gasteiger partial charge in [-0.25, -0.2) is 0 Å². The lowest BCUT2D eigenvalue weighted by atomic mass is 10.2. The Labute approximate surface area is 69.0 Å². The molecule has 1 aromatic heterocycles. The maximum Gasteiger partial charge on any atom is 0.0219 e. The zero-order valence-corrected chi connectivity index (χ0v) is 7.72. The molecule has 1 heteroatoms. The molecule has 0 saturated carbocycles. The lowest BCUT2D eigenvalue weighted by molar-refractivity contribution is 0.633. The summed E-state index contributed by atoms with van der Waals surface area (Å²) in [6.07, 6.45) is 7.01. The van der Waals surface area contributed by atoms with Crippen LogP contribution in [0, 0.1) is 13.8 Å². The maximum atomic E-state index is 2.29. The van der Waals surface area contributed by atoms with Gasteiger partial charge in [0, 0.05) is 18.9 Å². The lowest BCUT2D eigenvalue weighted by Gasteiger charge is -1.98. The summed E-state index contributed by atoms with van der Waals surface area (Å²) < 4.78 is 2.29. The molecule has 0 amide bonds. The third kappa shape index (κ3) is 2.11. The Morgan fingerprint density at radius 3 is 2.18 bits per heavy atom. The molecule has 0 aliphatic carbocycles. The molecule has 11 heavy (non-hydrogen) atoms. The van der Waals surface area contributed by atoms with E-state index >= 15 is 0 Å². The van der Waals surface area contributed by atoms with Crippen LogP contribution in [-0.2, 0) is 6.54 Å². The molecule has 0 radical (unpaired) electrons. The standard InChI is InChI=1S/C10H17N/c1-4-5-6-11-7-9(2)10(3)8-11/h7-8H,4-6H2,1-3H3. The van der Waals surface area contributed by atoms with Gasteiger partial charge in [0.1, 0.15) is 0 Å². The molecule has 0 atom stereocenters. The Hall–Kier alpha value is -0.720. The Kier molecular flexibility index (Phi) is 2.75. The summed E-state index contributed by atoms with van der Waals surface area (Å²) in [7, 11) is 0. The molecule has 0 bridgehead atoms. The van der Waals surface area contributed by atoms with Crippen LogP contribution < -0.4 is 0 Å². The van der Waals surface area contributed by atoms with Crippen LogP contribution in [0.2, 0.25) is 0 Å². The van der Waals surface area contributed by atoms with E-state index in [1.807, 2.05) is 0 Å². The van der Waals surface area contributed by atoms with Crippen molar-refractivity contribution in [1.82, 2.24) is 4.57 Å². The van der Waals surface area contributed by atoms with E-state index in [4.69, 9.17) is 0 Å².